The first kappa shape index (κ1) is 17.5. The lowest BCUT2D eigenvalue weighted by Crippen LogP contribution is -2.20. The molecule has 0 spiro atoms. The first-order valence-electron chi connectivity index (χ1n) is 8.56. The quantitative estimate of drug-likeness (QED) is 0.656. The van der Waals surface area contributed by atoms with Gasteiger partial charge in [-0.15, -0.1) is 0 Å². The molecule has 1 amide bonds. The van der Waals surface area contributed by atoms with Crippen LogP contribution in [0.2, 0.25) is 0 Å². The van der Waals surface area contributed by atoms with Crippen molar-refractivity contribution in [3.8, 4) is 5.75 Å². The third kappa shape index (κ3) is 5.38. The summed E-state index contributed by atoms with van der Waals surface area (Å²) in [4.78, 5) is 12.0. The minimum absolute atomic E-state index is 0.0165. The molecule has 0 aliphatic rings. The van der Waals surface area contributed by atoms with E-state index in [0.29, 0.717) is 5.75 Å². The SMILES string of the molecule is Cc1cccc(CNc2ccc(NC(=O)COc3ccccc3)cc2)c1. The largest absolute Gasteiger partial charge is 0.484 e. The lowest BCUT2D eigenvalue weighted by molar-refractivity contribution is -0.118. The Hall–Kier alpha value is -3.27. The molecule has 0 heterocycles. The minimum Gasteiger partial charge on any atom is -0.484 e. The molecule has 0 aliphatic carbocycles. The van der Waals surface area contributed by atoms with Gasteiger partial charge in [0.15, 0.2) is 6.61 Å². The summed E-state index contributed by atoms with van der Waals surface area (Å²) in [6, 6.07) is 25.3. The average molecular weight is 346 g/mol. The summed E-state index contributed by atoms with van der Waals surface area (Å²) in [6.07, 6.45) is 0. The van der Waals surface area contributed by atoms with E-state index in [2.05, 4.69) is 41.8 Å². The summed E-state index contributed by atoms with van der Waals surface area (Å²) in [5.41, 5.74) is 4.23. The highest BCUT2D eigenvalue weighted by molar-refractivity contribution is 5.92. The maximum Gasteiger partial charge on any atom is 0.262 e. The summed E-state index contributed by atoms with van der Waals surface area (Å²) < 4.78 is 5.44. The van der Waals surface area contributed by atoms with Gasteiger partial charge in [-0.3, -0.25) is 4.79 Å². The van der Waals surface area contributed by atoms with E-state index >= 15 is 0 Å². The Bertz CT molecular complexity index is 846. The van der Waals surface area contributed by atoms with Gasteiger partial charge in [0.25, 0.3) is 5.91 Å². The molecule has 0 fully saturated rings. The van der Waals surface area contributed by atoms with Gasteiger partial charge in [-0.05, 0) is 48.9 Å². The van der Waals surface area contributed by atoms with E-state index in [9.17, 15) is 4.79 Å². The van der Waals surface area contributed by atoms with Crippen LogP contribution in [0.4, 0.5) is 11.4 Å². The van der Waals surface area contributed by atoms with Gasteiger partial charge in [-0.1, -0.05) is 48.0 Å². The number of aryl methyl sites for hydroxylation is 1. The number of amides is 1. The predicted molar refractivity (Wildman–Crippen MR) is 106 cm³/mol. The summed E-state index contributed by atoms with van der Waals surface area (Å²) in [6.45, 7) is 2.83. The van der Waals surface area contributed by atoms with Crippen molar-refractivity contribution in [1.29, 1.82) is 0 Å². The smallest absolute Gasteiger partial charge is 0.262 e. The highest BCUT2D eigenvalue weighted by atomic mass is 16.5. The molecule has 0 aromatic heterocycles. The lowest BCUT2D eigenvalue weighted by atomic mass is 10.1. The van der Waals surface area contributed by atoms with Crippen molar-refractivity contribution in [3.05, 3.63) is 90.0 Å². The summed E-state index contributed by atoms with van der Waals surface area (Å²) >= 11 is 0. The molecular formula is C22H22N2O2. The first-order valence-corrected chi connectivity index (χ1v) is 8.56. The molecule has 4 nitrogen and oxygen atoms in total. The van der Waals surface area contributed by atoms with Crippen LogP contribution in [0.15, 0.2) is 78.9 Å². The molecule has 3 rings (SSSR count). The van der Waals surface area contributed by atoms with Crippen LogP contribution in [0, 0.1) is 6.92 Å². The van der Waals surface area contributed by atoms with Gasteiger partial charge >= 0.3 is 0 Å². The van der Waals surface area contributed by atoms with Gasteiger partial charge in [-0.2, -0.15) is 0 Å². The molecule has 4 heteroatoms. The Kier molecular flexibility index (Phi) is 5.88. The maximum atomic E-state index is 12.0. The second-order valence-electron chi connectivity index (χ2n) is 6.07. The maximum absolute atomic E-state index is 12.0. The number of ether oxygens (including phenoxy) is 1. The molecule has 0 saturated carbocycles. The third-order valence-corrected chi connectivity index (χ3v) is 3.86. The molecular weight excluding hydrogens is 324 g/mol. The molecule has 132 valence electrons. The minimum atomic E-state index is -0.186. The topological polar surface area (TPSA) is 50.4 Å². The number of carbonyl (C=O) groups excluding carboxylic acids is 1. The Morgan fingerprint density at radius 3 is 2.35 bits per heavy atom. The van der Waals surface area contributed by atoms with Gasteiger partial charge in [0.1, 0.15) is 5.75 Å². The van der Waals surface area contributed by atoms with Crippen LogP contribution < -0.4 is 15.4 Å². The first-order chi connectivity index (χ1) is 12.7. The fraction of sp³-hybridized carbons (Fsp3) is 0.136. The Morgan fingerprint density at radius 1 is 0.885 bits per heavy atom. The highest BCUT2D eigenvalue weighted by Crippen LogP contribution is 2.15. The van der Waals surface area contributed by atoms with Gasteiger partial charge < -0.3 is 15.4 Å². The molecule has 0 saturated heterocycles. The van der Waals surface area contributed by atoms with Gasteiger partial charge in [0.05, 0.1) is 0 Å². The van der Waals surface area contributed by atoms with Crippen LogP contribution in [0.5, 0.6) is 5.75 Å². The molecule has 3 aromatic rings. The second-order valence-corrected chi connectivity index (χ2v) is 6.07. The number of hydrogen-bond acceptors (Lipinski definition) is 3. The van der Waals surface area contributed by atoms with Crippen molar-refractivity contribution in [2.45, 2.75) is 13.5 Å². The lowest BCUT2D eigenvalue weighted by Gasteiger charge is -2.10. The molecule has 0 unspecified atom stereocenters. The molecule has 26 heavy (non-hydrogen) atoms. The Morgan fingerprint density at radius 2 is 1.62 bits per heavy atom. The number of para-hydroxylation sites is 1. The highest BCUT2D eigenvalue weighted by Gasteiger charge is 2.04. The van der Waals surface area contributed by atoms with Crippen molar-refractivity contribution in [3.63, 3.8) is 0 Å². The number of rotatable bonds is 7. The Labute approximate surface area is 153 Å². The van der Waals surface area contributed by atoms with Gasteiger partial charge in [-0.25, -0.2) is 0 Å². The normalized spacial score (nSPS) is 10.2. The van der Waals surface area contributed by atoms with Crippen LogP contribution in [0.25, 0.3) is 0 Å². The molecule has 2 N–H and O–H groups in total. The van der Waals surface area contributed by atoms with E-state index in [0.717, 1.165) is 17.9 Å². The van der Waals surface area contributed by atoms with Crippen molar-refractivity contribution in [1.82, 2.24) is 0 Å². The Balaban J connectivity index is 1.47. The monoisotopic (exact) mass is 346 g/mol. The predicted octanol–water partition coefficient (Wildman–Crippen LogP) is 4.62. The number of benzene rings is 3. The van der Waals surface area contributed by atoms with Gasteiger partial charge in [0, 0.05) is 17.9 Å². The van der Waals surface area contributed by atoms with E-state index in [4.69, 9.17) is 4.74 Å². The molecule has 3 aromatic carbocycles. The van der Waals surface area contributed by atoms with Crippen molar-refractivity contribution in [2.24, 2.45) is 0 Å². The van der Waals surface area contributed by atoms with E-state index in [1.54, 1.807) is 0 Å². The summed E-state index contributed by atoms with van der Waals surface area (Å²) in [5.74, 6) is 0.493. The van der Waals surface area contributed by atoms with E-state index in [1.165, 1.54) is 11.1 Å². The van der Waals surface area contributed by atoms with E-state index < -0.39 is 0 Å². The fourth-order valence-electron chi connectivity index (χ4n) is 2.56. The van der Waals surface area contributed by atoms with Crippen LogP contribution >= 0.6 is 0 Å². The number of anilines is 2. The zero-order valence-electron chi connectivity index (χ0n) is 14.7. The fourth-order valence-corrected chi connectivity index (χ4v) is 2.56. The van der Waals surface area contributed by atoms with E-state index in [-0.39, 0.29) is 12.5 Å². The number of nitrogens with one attached hydrogen (secondary N) is 2. The third-order valence-electron chi connectivity index (χ3n) is 3.86. The number of hydrogen-bond donors (Lipinski definition) is 2. The molecule has 0 bridgehead atoms. The van der Waals surface area contributed by atoms with Crippen molar-refractivity contribution >= 4 is 17.3 Å². The van der Waals surface area contributed by atoms with Crippen molar-refractivity contribution in [2.75, 3.05) is 17.2 Å². The zero-order chi connectivity index (χ0) is 18.2. The van der Waals surface area contributed by atoms with Crippen LogP contribution in [0.3, 0.4) is 0 Å². The average Bonchev–Trinajstić information content (AvgIpc) is 2.67. The standard InChI is InChI=1S/C22H22N2O2/c1-17-6-5-7-18(14-17)15-23-19-10-12-20(13-11-19)24-22(25)16-26-21-8-3-2-4-9-21/h2-14,23H,15-16H2,1H3,(H,24,25). The molecule has 0 atom stereocenters. The van der Waals surface area contributed by atoms with Crippen LogP contribution in [0.1, 0.15) is 11.1 Å². The van der Waals surface area contributed by atoms with Gasteiger partial charge in [0.2, 0.25) is 0 Å². The summed E-state index contributed by atoms with van der Waals surface area (Å²) in [7, 11) is 0. The number of carbonyl (C=O) groups is 1. The van der Waals surface area contributed by atoms with Crippen LogP contribution in [-0.2, 0) is 11.3 Å². The summed E-state index contributed by atoms with van der Waals surface area (Å²) in [5, 5.41) is 6.21. The van der Waals surface area contributed by atoms with Crippen molar-refractivity contribution < 1.29 is 9.53 Å². The second kappa shape index (κ2) is 8.72. The molecule has 0 radical (unpaired) electrons. The van der Waals surface area contributed by atoms with E-state index in [1.807, 2.05) is 54.6 Å². The molecule has 0 aliphatic heterocycles. The van der Waals surface area contributed by atoms with Crippen LogP contribution in [-0.4, -0.2) is 12.5 Å². The zero-order valence-corrected chi connectivity index (χ0v) is 14.7.